The van der Waals surface area contributed by atoms with Gasteiger partial charge in [0.15, 0.2) is 0 Å². The first kappa shape index (κ1) is 87.3. The summed E-state index contributed by atoms with van der Waals surface area (Å²) in [6, 6.07) is 6.99. The summed E-state index contributed by atoms with van der Waals surface area (Å²) in [5, 5.41) is 18.4. The van der Waals surface area contributed by atoms with E-state index >= 15 is 0 Å². The van der Waals surface area contributed by atoms with E-state index in [-0.39, 0.29) is 60.2 Å². The van der Waals surface area contributed by atoms with E-state index in [1.54, 1.807) is 308 Å². The molecular weight excluding hydrogens is 1940 g/mol. The molecular formula is C34H34N6O12S39. The Morgan fingerprint density at radius 1 is 0.462 bits per heavy atom. The summed E-state index contributed by atoms with van der Waals surface area (Å²) in [5.41, 5.74) is 0.240. The number of benzene rings is 2. The molecule has 0 radical (unpaired) electrons. The van der Waals surface area contributed by atoms with Crippen LogP contribution in [0, 0.1) is 0 Å². The number of nitrogens with zero attached hydrogens (tertiary/aromatic N) is 2. The smallest absolute Gasteiger partial charge is 0.325 e. The number of carbonyl (C=O) groups excluding carboxylic acids is 9. The van der Waals surface area contributed by atoms with Crippen molar-refractivity contribution in [1.29, 1.82) is 0 Å². The highest BCUT2D eigenvalue weighted by molar-refractivity contribution is 8.79. The fourth-order valence-corrected chi connectivity index (χ4v) is 91.5. The van der Waals surface area contributed by atoms with Crippen molar-refractivity contribution >= 4 is 426 Å². The second kappa shape index (κ2) is 53.0. The van der Waals surface area contributed by atoms with Gasteiger partial charge in [-0.15, -0.1) is 0 Å². The van der Waals surface area contributed by atoms with E-state index in [2.05, 4.69) is 21.3 Å². The minimum Gasteiger partial charge on any atom is -0.480 e. The fourth-order valence-electron chi connectivity index (χ4n) is 6.39. The van der Waals surface area contributed by atoms with Gasteiger partial charge in [-0.25, -0.2) is 0 Å². The standard InChI is InChI=1S/C19H21N3O6.C15H13N3O6.S20.S19/c1-19(2,3)28-14(24)9-20-11-6-4-5-10-15(11)18(27)22(17(10)26)12-7-8-13(23)21-16(12)25;19-10-5-4-9(13(22)17-10)18-14(23)7-2-1-3-8(12(7)15(18)24)16-6-11(20)21;1-3-5-7-9-11-13-15-17-19-20-18-16-14-12-10-8-6-4-2;1-3-5-7-9-11-13-15-17-19-18-16-14-12-10-8-6-4-2/h4-6,12,20H,7-9H2,1-3H3,(H,21,23,25);1-3,9,16H,4-6H2,(H,20,21)(H,17,19,22);;. The van der Waals surface area contributed by atoms with E-state index in [0.717, 1.165) is 9.80 Å². The van der Waals surface area contributed by atoms with Gasteiger partial charge in [0.25, 0.3) is 23.6 Å². The van der Waals surface area contributed by atoms with Crippen molar-refractivity contribution in [2.75, 3.05) is 23.7 Å². The Balaban J connectivity index is 0.000000321. The lowest BCUT2D eigenvalue weighted by Gasteiger charge is -2.27. The first-order valence-corrected chi connectivity index (χ1v) is 71.6. The Hall–Kier alpha value is 2.12. The number of piperidine rings is 2. The number of hydrogen-bond donors (Lipinski definition) is 5. The van der Waals surface area contributed by atoms with Crippen LogP contribution in [0.4, 0.5) is 11.4 Å². The van der Waals surface area contributed by atoms with Crippen molar-refractivity contribution in [1.82, 2.24) is 20.4 Å². The van der Waals surface area contributed by atoms with Crippen molar-refractivity contribution in [3.63, 3.8) is 0 Å². The quantitative estimate of drug-likeness (QED) is 0.176. The largest absolute Gasteiger partial charge is 0.480 e. The van der Waals surface area contributed by atoms with Crippen LogP contribution in [0.15, 0.2) is 36.4 Å². The third-order valence-electron chi connectivity index (χ3n) is 9.13. The number of carbonyl (C=O) groups is 10. The molecule has 2 unspecified atom stereocenters. The number of rotatable bonds is 8. The first-order valence-electron chi connectivity index (χ1n) is 22.3. The third kappa shape index (κ3) is 36.0. The molecule has 8 amide bonds. The molecule has 4 heterocycles. The van der Waals surface area contributed by atoms with Gasteiger partial charge in [0, 0.05) is 380 Å². The minimum atomic E-state index is -1.12. The van der Waals surface area contributed by atoms with Crippen LogP contribution < -0.4 is 21.3 Å². The SMILES string of the molecule is CC(C)(C)OC(=O)CNc1cccc2c1C(=O)N(C1CCC(=O)NC1=O)C2=O.O=C(O)CNc1cccc2c1C(=O)N(C1CCC(=O)NC1=O)C2=O.S=S=S=S=S=S=S=S=S=S=S=S=S=S=S=S=S=S=S.S=S=S=S=S=S=S=S=S=S=S=S=S=S=S=S=S=S=S=S. The van der Waals surface area contributed by atoms with Crippen LogP contribution in [0.3, 0.4) is 0 Å². The molecule has 0 aliphatic carbocycles. The van der Waals surface area contributed by atoms with Crippen molar-refractivity contribution < 1.29 is 57.8 Å². The van der Waals surface area contributed by atoms with E-state index in [4.69, 9.17) is 54.6 Å². The number of amides is 8. The zero-order valence-corrected chi connectivity index (χ0v) is 76.0. The molecule has 0 saturated carbocycles. The predicted molar refractivity (Wildman–Crippen MR) is 464 cm³/mol. The van der Waals surface area contributed by atoms with E-state index in [0.29, 0.717) is 5.69 Å². The van der Waals surface area contributed by atoms with Crippen LogP contribution >= 0.6 is 0 Å². The highest BCUT2D eigenvalue weighted by atomic mass is 33.5. The van der Waals surface area contributed by atoms with Crippen LogP contribution in [-0.2, 0) is 389 Å². The highest BCUT2D eigenvalue weighted by Gasteiger charge is 2.47. The fraction of sp³-hybridized carbons (Fsp3) is 0.353. The third-order valence-corrected chi connectivity index (χ3v) is 82.5. The number of nitrogens with one attached hydrogen (secondary N) is 4. The van der Waals surface area contributed by atoms with Crippen LogP contribution in [0.2, 0.25) is 0 Å². The average molecular weight is 1970 g/mol. The monoisotopic (exact) mass is 1970 g/mol. The van der Waals surface area contributed by atoms with Crippen molar-refractivity contribution in [2.45, 2.75) is 64.1 Å². The number of carboxylic acid groups (broad SMARTS) is 1. The van der Waals surface area contributed by atoms with Gasteiger partial charge >= 0.3 is 11.9 Å². The molecule has 4 aliphatic rings. The molecule has 2 aromatic carbocycles. The molecule has 6 rings (SSSR count). The second-order valence-corrected chi connectivity index (χ2v) is 77.3. The maximum absolute atomic E-state index is 12.9. The number of aliphatic carboxylic acids is 1. The van der Waals surface area contributed by atoms with Gasteiger partial charge in [0.1, 0.15) is 30.8 Å². The number of hydrogen-bond acceptors (Lipinski definition) is 17. The lowest BCUT2D eigenvalue weighted by Crippen LogP contribution is -2.54. The molecule has 0 spiro atoms. The van der Waals surface area contributed by atoms with Gasteiger partial charge in [0.2, 0.25) is 23.6 Å². The van der Waals surface area contributed by atoms with Gasteiger partial charge in [-0.2, -0.15) is 0 Å². The Bertz CT molecular complexity index is 4860. The van der Waals surface area contributed by atoms with E-state index < -0.39 is 83.4 Å². The number of ether oxygens (including phenoxy) is 1. The Kier molecular flexibility index (Phi) is 50.9. The van der Waals surface area contributed by atoms with Gasteiger partial charge in [-0.05, 0) is 57.9 Å². The number of fused-ring (bicyclic) bond motifs is 2. The maximum atomic E-state index is 12.9. The van der Waals surface area contributed by atoms with Crippen molar-refractivity contribution in [3.05, 3.63) is 58.7 Å². The number of carboxylic acids is 1. The predicted octanol–water partition coefficient (Wildman–Crippen LogP) is 0.332. The van der Waals surface area contributed by atoms with Crippen molar-refractivity contribution in [2.24, 2.45) is 0 Å². The normalized spacial score (nSPS) is 14.4. The van der Waals surface area contributed by atoms with Crippen LogP contribution in [0.5, 0.6) is 0 Å². The van der Waals surface area contributed by atoms with Gasteiger partial charge in [-0.3, -0.25) is 68.4 Å². The van der Waals surface area contributed by atoms with Crippen molar-refractivity contribution in [3.8, 4) is 0 Å². The van der Waals surface area contributed by atoms with E-state index in [9.17, 15) is 47.9 Å². The Morgan fingerprint density at radius 2 is 0.736 bits per heavy atom. The molecule has 0 bridgehead atoms. The molecule has 18 nitrogen and oxygen atoms in total. The summed E-state index contributed by atoms with van der Waals surface area (Å²) in [6.45, 7) is 4.62. The number of esters is 1. The van der Waals surface area contributed by atoms with Crippen LogP contribution in [0.25, 0.3) is 0 Å². The summed E-state index contributed by atoms with van der Waals surface area (Å²) in [6.07, 6.45) is 0.228. The number of anilines is 2. The molecule has 2 aromatic rings. The molecule has 506 valence electrons. The van der Waals surface area contributed by atoms with E-state index in [1.807, 2.05) is 0 Å². The lowest BCUT2D eigenvalue weighted by molar-refractivity contribution is -0.152. The zero-order valence-electron chi connectivity index (χ0n) is 44.1. The molecule has 2 saturated heterocycles. The second-order valence-electron chi connectivity index (χ2n) is 15.4. The Labute approximate surface area is 639 Å². The topological polar surface area (TPSA) is 255 Å². The lowest BCUT2D eigenvalue weighted by atomic mass is 10.0. The molecule has 5 N–H and O–H groups in total. The summed E-state index contributed by atoms with van der Waals surface area (Å²) >= 11 is 19.0. The van der Waals surface area contributed by atoms with Crippen LogP contribution in [-0.4, -0.2) is 105 Å². The number of imide groups is 4. The molecule has 2 fully saturated rings. The summed E-state index contributed by atoms with van der Waals surface area (Å²) in [7, 11) is 59.8. The van der Waals surface area contributed by atoms with Gasteiger partial charge in [-0.1, -0.05) is 12.1 Å². The highest BCUT2D eigenvalue weighted by Crippen LogP contribution is 2.34. The van der Waals surface area contributed by atoms with Gasteiger partial charge in [0.05, 0.1) is 22.3 Å². The first-order chi connectivity index (χ1) is 43.8. The zero-order chi connectivity index (χ0) is 66.8. The van der Waals surface area contributed by atoms with Crippen LogP contribution in [0.1, 0.15) is 87.9 Å². The summed E-state index contributed by atoms with van der Waals surface area (Å²) < 4.78 is 5.22. The molecule has 91 heavy (non-hydrogen) atoms. The van der Waals surface area contributed by atoms with Gasteiger partial charge < -0.3 is 20.5 Å². The van der Waals surface area contributed by atoms with E-state index in [1.165, 1.54) is 59.8 Å². The average Bonchev–Trinajstić information content (AvgIpc) is 1.69. The molecule has 57 heteroatoms. The Morgan fingerprint density at radius 3 is 0.989 bits per heavy atom. The summed E-state index contributed by atoms with van der Waals surface area (Å²) in [5.74, 6) is -6.43. The molecule has 2 atom stereocenters. The maximum Gasteiger partial charge on any atom is 0.325 e. The minimum absolute atomic E-state index is 0.0356. The molecule has 0 aromatic heterocycles. The molecule has 4 aliphatic heterocycles. The summed E-state index contributed by atoms with van der Waals surface area (Å²) in [4.78, 5) is 122.